The van der Waals surface area contributed by atoms with E-state index in [2.05, 4.69) is 27.2 Å². The summed E-state index contributed by atoms with van der Waals surface area (Å²) in [6.07, 6.45) is 6.18. The van der Waals surface area contributed by atoms with E-state index in [-0.39, 0.29) is 17.9 Å². The summed E-state index contributed by atoms with van der Waals surface area (Å²) in [6, 6.07) is 0.0813. The number of carbonyl (C=O) groups is 2. The summed E-state index contributed by atoms with van der Waals surface area (Å²) >= 11 is 0. The van der Waals surface area contributed by atoms with E-state index in [0.29, 0.717) is 34.9 Å². The first-order valence-corrected chi connectivity index (χ1v) is 8.71. The second-order valence-corrected chi connectivity index (χ2v) is 7.11. The van der Waals surface area contributed by atoms with Gasteiger partial charge in [-0.3, -0.25) is 9.59 Å². The minimum atomic E-state index is -0.523. The number of carbonyl (C=O) groups excluding carboxylic acids is 2. The molecule has 0 aromatic carbocycles. The van der Waals surface area contributed by atoms with Crippen LogP contribution >= 0.6 is 0 Å². The number of amides is 2. The SMILES string of the molecule is C[C@@H]1CN(C(=O)C2CCC2)C[C@H]1Nc1ncnc2[nH]cc(C(N)=O)c12. The van der Waals surface area contributed by atoms with Crippen molar-refractivity contribution >= 4 is 28.7 Å². The van der Waals surface area contributed by atoms with Crippen LogP contribution in [0.15, 0.2) is 12.5 Å². The highest BCUT2D eigenvalue weighted by atomic mass is 16.2. The topological polar surface area (TPSA) is 117 Å². The molecule has 2 aromatic heterocycles. The molecule has 4 rings (SSSR count). The molecule has 0 radical (unpaired) electrons. The first kappa shape index (κ1) is 15.9. The first-order chi connectivity index (χ1) is 12.0. The maximum atomic E-state index is 12.5. The molecule has 0 unspecified atom stereocenters. The zero-order valence-electron chi connectivity index (χ0n) is 14.2. The van der Waals surface area contributed by atoms with Crippen molar-refractivity contribution in [2.45, 2.75) is 32.2 Å². The lowest BCUT2D eigenvalue weighted by Gasteiger charge is -2.29. The van der Waals surface area contributed by atoms with Crippen LogP contribution in [0.25, 0.3) is 11.0 Å². The molecule has 1 saturated heterocycles. The number of aromatic nitrogens is 3. The van der Waals surface area contributed by atoms with Gasteiger partial charge in [0, 0.05) is 31.2 Å². The normalized spacial score (nSPS) is 23.6. The molecule has 0 bridgehead atoms. The van der Waals surface area contributed by atoms with E-state index >= 15 is 0 Å². The summed E-state index contributed by atoms with van der Waals surface area (Å²) in [4.78, 5) is 37.5. The number of primary amides is 1. The summed E-state index contributed by atoms with van der Waals surface area (Å²) < 4.78 is 0. The average Bonchev–Trinajstić information content (AvgIpc) is 3.10. The van der Waals surface area contributed by atoms with Gasteiger partial charge in [-0.2, -0.15) is 0 Å². The smallest absolute Gasteiger partial charge is 0.251 e. The Hall–Kier alpha value is -2.64. The number of likely N-dealkylation sites (tertiary alicyclic amines) is 1. The van der Waals surface area contributed by atoms with Gasteiger partial charge in [-0.1, -0.05) is 13.3 Å². The maximum absolute atomic E-state index is 12.5. The van der Waals surface area contributed by atoms with Crippen LogP contribution in [0.4, 0.5) is 5.82 Å². The van der Waals surface area contributed by atoms with Crippen LogP contribution in [-0.4, -0.2) is 50.8 Å². The molecule has 1 aliphatic carbocycles. The number of nitrogens with two attached hydrogens (primary N) is 1. The van der Waals surface area contributed by atoms with Crippen molar-refractivity contribution < 1.29 is 9.59 Å². The molecule has 8 heteroatoms. The second kappa shape index (κ2) is 6.02. The minimum absolute atomic E-state index is 0.0813. The number of fused-ring (bicyclic) bond motifs is 1. The molecule has 25 heavy (non-hydrogen) atoms. The highest BCUT2D eigenvalue weighted by Gasteiger charge is 2.37. The fourth-order valence-corrected chi connectivity index (χ4v) is 3.69. The van der Waals surface area contributed by atoms with Crippen molar-refractivity contribution in [1.82, 2.24) is 19.9 Å². The number of hydrogen-bond acceptors (Lipinski definition) is 5. The van der Waals surface area contributed by atoms with Gasteiger partial charge in [0.25, 0.3) is 5.91 Å². The lowest BCUT2D eigenvalue weighted by molar-refractivity contribution is -0.137. The van der Waals surface area contributed by atoms with Gasteiger partial charge in [0.1, 0.15) is 17.8 Å². The van der Waals surface area contributed by atoms with Gasteiger partial charge in [-0.05, 0) is 18.8 Å². The van der Waals surface area contributed by atoms with Crippen LogP contribution in [0.1, 0.15) is 36.5 Å². The van der Waals surface area contributed by atoms with Crippen LogP contribution < -0.4 is 11.1 Å². The molecule has 3 heterocycles. The third kappa shape index (κ3) is 2.71. The van der Waals surface area contributed by atoms with E-state index < -0.39 is 5.91 Å². The molecule has 2 atom stereocenters. The van der Waals surface area contributed by atoms with Crippen LogP contribution in [0.3, 0.4) is 0 Å². The third-order valence-corrected chi connectivity index (χ3v) is 5.44. The van der Waals surface area contributed by atoms with Crippen molar-refractivity contribution in [2.24, 2.45) is 17.6 Å². The van der Waals surface area contributed by atoms with Crippen LogP contribution in [0.5, 0.6) is 0 Å². The molecule has 1 saturated carbocycles. The number of nitrogens with one attached hydrogen (secondary N) is 2. The molecule has 1 aliphatic heterocycles. The van der Waals surface area contributed by atoms with Gasteiger partial charge in [0.05, 0.1) is 10.9 Å². The lowest BCUT2D eigenvalue weighted by Crippen LogP contribution is -2.38. The molecule has 2 amide bonds. The van der Waals surface area contributed by atoms with Crippen LogP contribution in [-0.2, 0) is 4.79 Å². The van der Waals surface area contributed by atoms with E-state index in [1.165, 1.54) is 6.33 Å². The molecule has 0 spiro atoms. The summed E-state index contributed by atoms with van der Waals surface area (Å²) in [5, 5.41) is 4.00. The fraction of sp³-hybridized carbons (Fsp3) is 0.529. The Kier molecular flexibility index (Phi) is 3.82. The molecular weight excluding hydrogens is 320 g/mol. The van der Waals surface area contributed by atoms with Crippen molar-refractivity contribution in [3.05, 3.63) is 18.1 Å². The number of aromatic amines is 1. The summed E-state index contributed by atoms with van der Waals surface area (Å²) in [6.45, 7) is 3.52. The fourth-order valence-electron chi connectivity index (χ4n) is 3.69. The number of rotatable bonds is 4. The van der Waals surface area contributed by atoms with E-state index in [1.54, 1.807) is 6.20 Å². The number of hydrogen-bond donors (Lipinski definition) is 3. The van der Waals surface area contributed by atoms with E-state index in [4.69, 9.17) is 5.73 Å². The Morgan fingerprint density at radius 2 is 2.12 bits per heavy atom. The van der Waals surface area contributed by atoms with Crippen molar-refractivity contribution in [2.75, 3.05) is 18.4 Å². The van der Waals surface area contributed by atoms with E-state index in [0.717, 1.165) is 25.8 Å². The molecular formula is C17H22N6O2. The standard InChI is InChI=1S/C17H22N6O2/c1-9-6-23(17(25)10-3-2-4-10)7-12(9)22-16-13-11(14(18)24)5-19-15(13)20-8-21-16/h5,8-10,12H,2-4,6-7H2,1H3,(H2,18,24)(H2,19,20,21,22)/t9-,12-/m1/s1. The summed E-state index contributed by atoms with van der Waals surface area (Å²) in [5.74, 6) is 0.836. The Labute approximate surface area is 145 Å². The van der Waals surface area contributed by atoms with Gasteiger partial charge < -0.3 is 20.9 Å². The Bertz CT molecular complexity index is 828. The van der Waals surface area contributed by atoms with Crippen LogP contribution in [0.2, 0.25) is 0 Å². The molecule has 2 aromatic rings. The predicted octanol–water partition coefficient (Wildman–Crippen LogP) is 1.12. The molecule has 2 aliphatic rings. The summed E-state index contributed by atoms with van der Waals surface area (Å²) in [5.41, 5.74) is 6.39. The van der Waals surface area contributed by atoms with Gasteiger partial charge in [0.2, 0.25) is 5.91 Å². The quantitative estimate of drug-likeness (QED) is 0.769. The Morgan fingerprint density at radius 3 is 2.80 bits per heavy atom. The van der Waals surface area contributed by atoms with Crippen molar-refractivity contribution in [3.8, 4) is 0 Å². The van der Waals surface area contributed by atoms with Gasteiger partial charge in [-0.15, -0.1) is 0 Å². The third-order valence-electron chi connectivity index (χ3n) is 5.44. The lowest BCUT2D eigenvalue weighted by atomic mass is 9.84. The Morgan fingerprint density at radius 1 is 1.32 bits per heavy atom. The van der Waals surface area contributed by atoms with Crippen LogP contribution in [0, 0.1) is 11.8 Å². The first-order valence-electron chi connectivity index (χ1n) is 8.71. The molecule has 8 nitrogen and oxygen atoms in total. The van der Waals surface area contributed by atoms with Crippen molar-refractivity contribution in [1.29, 1.82) is 0 Å². The van der Waals surface area contributed by atoms with Gasteiger partial charge >= 0.3 is 0 Å². The van der Waals surface area contributed by atoms with Gasteiger partial charge in [-0.25, -0.2) is 9.97 Å². The zero-order chi connectivity index (χ0) is 17.6. The Balaban J connectivity index is 1.56. The highest BCUT2D eigenvalue weighted by Crippen LogP contribution is 2.32. The molecule has 132 valence electrons. The minimum Gasteiger partial charge on any atom is -0.366 e. The average molecular weight is 342 g/mol. The highest BCUT2D eigenvalue weighted by molar-refractivity contribution is 6.08. The monoisotopic (exact) mass is 342 g/mol. The van der Waals surface area contributed by atoms with E-state index in [9.17, 15) is 9.59 Å². The molecule has 2 fully saturated rings. The number of nitrogens with zero attached hydrogens (tertiary/aromatic N) is 3. The maximum Gasteiger partial charge on any atom is 0.251 e. The summed E-state index contributed by atoms with van der Waals surface area (Å²) in [7, 11) is 0. The predicted molar refractivity (Wildman–Crippen MR) is 92.9 cm³/mol. The zero-order valence-corrected chi connectivity index (χ0v) is 14.2. The van der Waals surface area contributed by atoms with Crippen molar-refractivity contribution in [3.63, 3.8) is 0 Å². The van der Waals surface area contributed by atoms with E-state index in [1.807, 2.05) is 4.90 Å². The number of H-pyrrole nitrogens is 1. The second-order valence-electron chi connectivity index (χ2n) is 7.11. The number of anilines is 1. The molecule has 4 N–H and O–H groups in total. The largest absolute Gasteiger partial charge is 0.366 e. The van der Waals surface area contributed by atoms with Gasteiger partial charge in [0.15, 0.2) is 0 Å².